The third-order valence-corrected chi connectivity index (χ3v) is 2.92. The van der Waals surface area contributed by atoms with Crippen molar-refractivity contribution < 1.29 is 14.5 Å². The second-order valence-electron chi connectivity index (χ2n) is 4.54. The lowest BCUT2D eigenvalue weighted by molar-refractivity contribution is -0.386. The highest BCUT2D eigenvalue weighted by Gasteiger charge is 2.24. The van der Waals surface area contributed by atoms with Crippen molar-refractivity contribution in [3.63, 3.8) is 0 Å². The van der Waals surface area contributed by atoms with Gasteiger partial charge in [0.1, 0.15) is 0 Å². The fourth-order valence-electron chi connectivity index (χ4n) is 1.91. The van der Waals surface area contributed by atoms with Crippen LogP contribution in [0, 0.1) is 17.0 Å². The highest BCUT2D eigenvalue weighted by Crippen LogP contribution is 2.31. The van der Waals surface area contributed by atoms with Crippen molar-refractivity contribution in [2.45, 2.75) is 13.0 Å². The van der Waals surface area contributed by atoms with Gasteiger partial charge in [-0.1, -0.05) is 36.4 Å². The maximum Gasteiger partial charge on any atom is 0.311 e. The summed E-state index contributed by atoms with van der Waals surface area (Å²) >= 11 is 0. The van der Waals surface area contributed by atoms with E-state index < -0.39 is 16.9 Å². The zero-order valence-electron chi connectivity index (χ0n) is 11.4. The number of nitro groups is 1. The SMILES string of the molecule is Cc1ccc(OC(C(N)=O)c2ccccc2)c([N+](=O)[O-])c1. The number of hydrogen-bond donors (Lipinski definition) is 1. The van der Waals surface area contributed by atoms with E-state index >= 15 is 0 Å². The minimum absolute atomic E-state index is 0.0123. The monoisotopic (exact) mass is 286 g/mol. The molecule has 2 N–H and O–H groups in total. The summed E-state index contributed by atoms with van der Waals surface area (Å²) in [7, 11) is 0. The van der Waals surface area contributed by atoms with Gasteiger partial charge >= 0.3 is 5.69 Å². The summed E-state index contributed by atoms with van der Waals surface area (Å²) in [5.74, 6) is -0.700. The zero-order valence-corrected chi connectivity index (χ0v) is 11.4. The largest absolute Gasteiger partial charge is 0.469 e. The molecule has 0 aliphatic heterocycles. The van der Waals surface area contributed by atoms with Gasteiger partial charge in [0.05, 0.1) is 4.92 Å². The number of carbonyl (C=O) groups is 1. The molecule has 0 aliphatic carbocycles. The standard InChI is InChI=1S/C15H14N2O4/c1-10-7-8-13(12(9-10)17(19)20)21-14(15(16)18)11-5-3-2-4-6-11/h2-9,14H,1H3,(H2,16,18). The second-order valence-corrected chi connectivity index (χ2v) is 4.54. The Labute approximate surface area is 121 Å². The smallest absolute Gasteiger partial charge is 0.311 e. The molecule has 6 nitrogen and oxygen atoms in total. The molecule has 6 heteroatoms. The number of primary amides is 1. The minimum atomic E-state index is -1.08. The second kappa shape index (κ2) is 6.04. The van der Waals surface area contributed by atoms with E-state index in [2.05, 4.69) is 0 Å². The van der Waals surface area contributed by atoms with Crippen molar-refractivity contribution >= 4 is 11.6 Å². The Balaban J connectivity index is 2.39. The van der Waals surface area contributed by atoms with E-state index in [1.807, 2.05) is 0 Å². The van der Waals surface area contributed by atoms with Crippen molar-refractivity contribution in [2.24, 2.45) is 5.73 Å². The molecule has 2 aromatic carbocycles. The number of hydrogen-bond acceptors (Lipinski definition) is 4. The molecule has 21 heavy (non-hydrogen) atoms. The van der Waals surface area contributed by atoms with Crippen molar-refractivity contribution in [3.8, 4) is 5.75 Å². The maximum absolute atomic E-state index is 11.6. The molecule has 0 fully saturated rings. The van der Waals surface area contributed by atoms with Gasteiger partial charge in [-0.25, -0.2) is 0 Å². The van der Waals surface area contributed by atoms with Gasteiger partial charge in [-0.2, -0.15) is 0 Å². The molecule has 0 heterocycles. The highest BCUT2D eigenvalue weighted by atomic mass is 16.6. The van der Waals surface area contributed by atoms with Gasteiger partial charge < -0.3 is 10.5 Å². The van der Waals surface area contributed by atoms with E-state index in [1.165, 1.54) is 12.1 Å². The molecule has 1 atom stereocenters. The van der Waals surface area contributed by atoms with E-state index in [-0.39, 0.29) is 11.4 Å². The fourth-order valence-corrected chi connectivity index (χ4v) is 1.91. The molecule has 0 saturated carbocycles. The quantitative estimate of drug-likeness (QED) is 0.674. The minimum Gasteiger partial charge on any atom is -0.469 e. The number of nitrogens with two attached hydrogens (primary N) is 1. The van der Waals surface area contributed by atoms with Crippen molar-refractivity contribution in [2.75, 3.05) is 0 Å². The van der Waals surface area contributed by atoms with Crippen LogP contribution in [-0.4, -0.2) is 10.8 Å². The number of carbonyl (C=O) groups excluding carboxylic acids is 1. The summed E-state index contributed by atoms with van der Waals surface area (Å²) in [6.45, 7) is 1.74. The summed E-state index contributed by atoms with van der Waals surface area (Å²) in [4.78, 5) is 22.1. The van der Waals surface area contributed by atoms with Gasteiger partial charge in [0.25, 0.3) is 5.91 Å². The van der Waals surface area contributed by atoms with Gasteiger partial charge in [0.2, 0.25) is 6.10 Å². The first-order valence-corrected chi connectivity index (χ1v) is 6.25. The van der Waals surface area contributed by atoms with Crippen LogP contribution in [0.25, 0.3) is 0 Å². The van der Waals surface area contributed by atoms with Crippen LogP contribution in [0.3, 0.4) is 0 Å². The number of aryl methyl sites for hydroxylation is 1. The summed E-state index contributed by atoms with van der Waals surface area (Å²) in [5, 5.41) is 11.1. The Kier molecular flexibility index (Phi) is 4.18. The molecule has 0 radical (unpaired) electrons. The van der Waals surface area contributed by atoms with Crippen molar-refractivity contribution in [1.29, 1.82) is 0 Å². The molecule has 0 spiro atoms. The van der Waals surface area contributed by atoms with Crippen LogP contribution >= 0.6 is 0 Å². The summed E-state index contributed by atoms with van der Waals surface area (Å²) < 4.78 is 5.49. The predicted octanol–water partition coefficient (Wildman–Crippen LogP) is 2.51. The average molecular weight is 286 g/mol. The third kappa shape index (κ3) is 3.36. The first kappa shape index (κ1) is 14.5. The number of benzene rings is 2. The number of nitro benzene ring substituents is 1. The van der Waals surface area contributed by atoms with Crippen LogP contribution < -0.4 is 10.5 Å². The third-order valence-electron chi connectivity index (χ3n) is 2.92. The highest BCUT2D eigenvalue weighted by molar-refractivity contribution is 5.81. The van der Waals surface area contributed by atoms with E-state index in [9.17, 15) is 14.9 Å². The lowest BCUT2D eigenvalue weighted by Crippen LogP contribution is -2.26. The van der Waals surface area contributed by atoms with Gasteiger partial charge in [0, 0.05) is 11.6 Å². The lowest BCUT2D eigenvalue weighted by Gasteiger charge is -2.16. The number of ether oxygens (including phenoxy) is 1. The molecular formula is C15H14N2O4. The van der Waals surface area contributed by atoms with Crippen LogP contribution in [-0.2, 0) is 4.79 Å². The van der Waals surface area contributed by atoms with Crippen molar-refractivity contribution in [3.05, 3.63) is 69.8 Å². The maximum atomic E-state index is 11.6. The number of rotatable bonds is 5. The summed E-state index contributed by atoms with van der Waals surface area (Å²) in [5.41, 5.74) is 6.41. The molecule has 0 aliphatic rings. The molecule has 2 rings (SSSR count). The first-order chi connectivity index (χ1) is 9.99. The Morgan fingerprint density at radius 3 is 2.48 bits per heavy atom. The molecule has 0 bridgehead atoms. The Morgan fingerprint density at radius 1 is 1.24 bits per heavy atom. The molecular weight excluding hydrogens is 272 g/mol. The summed E-state index contributed by atoms with van der Waals surface area (Å²) in [6, 6.07) is 13.1. The van der Waals surface area contributed by atoms with Crippen LogP contribution in [0.2, 0.25) is 0 Å². The van der Waals surface area contributed by atoms with E-state index in [4.69, 9.17) is 10.5 Å². The normalized spacial score (nSPS) is 11.7. The lowest BCUT2D eigenvalue weighted by atomic mass is 10.1. The molecule has 1 amide bonds. The van der Waals surface area contributed by atoms with Crippen LogP contribution in [0.1, 0.15) is 17.2 Å². The van der Waals surface area contributed by atoms with Crippen LogP contribution in [0.4, 0.5) is 5.69 Å². The van der Waals surface area contributed by atoms with Crippen LogP contribution in [0.15, 0.2) is 48.5 Å². The van der Waals surface area contributed by atoms with E-state index in [0.29, 0.717) is 5.56 Å². The van der Waals surface area contributed by atoms with Gasteiger partial charge in [-0.3, -0.25) is 14.9 Å². The van der Waals surface area contributed by atoms with Gasteiger partial charge in [-0.05, 0) is 18.6 Å². The fraction of sp³-hybridized carbons (Fsp3) is 0.133. The molecule has 1 unspecified atom stereocenters. The zero-order chi connectivity index (χ0) is 15.4. The predicted molar refractivity (Wildman–Crippen MR) is 76.8 cm³/mol. The Bertz CT molecular complexity index is 671. The number of amides is 1. The van der Waals surface area contributed by atoms with E-state index in [0.717, 1.165) is 5.56 Å². The molecule has 0 saturated heterocycles. The van der Waals surface area contributed by atoms with E-state index in [1.54, 1.807) is 43.3 Å². The molecule has 108 valence electrons. The van der Waals surface area contributed by atoms with Gasteiger partial charge in [0.15, 0.2) is 5.75 Å². The topological polar surface area (TPSA) is 95.5 Å². The van der Waals surface area contributed by atoms with Crippen LogP contribution in [0.5, 0.6) is 5.75 Å². The Morgan fingerprint density at radius 2 is 1.90 bits per heavy atom. The first-order valence-electron chi connectivity index (χ1n) is 6.25. The van der Waals surface area contributed by atoms with Gasteiger partial charge in [-0.15, -0.1) is 0 Å². The van der Waals surface area contributed by atoms with Crippen molar-refractivity contribution in [1.82, 2.24) is 0 Å². The Hall–Kier alpha value is -2.89. The summed E-state index contributed by atoms with van der Waals surface area (Å²) in [6.07, 6.45) is -1.08. The molecule has 2 aromatic rings. The number of nitrogens with zero attached hydrogens (tertiary/aromatic N) is 1. The molecule has 0 aromatic heterocycles. The average Bonchev–Trinajstić information content (AvgIpc) is 2.46.